The lowest BCUT2D eigenvalue weighted by atomic mass is 10.1. The SMILES string of the molecule is C[C@@H](CO)NC(=O)C1CCN1. The van der Waals surface area contributed by atoms with Crippen molar-refractivity contribution in [2.45, 2.75) is 25.4 Å². The van der Waals surface area contributed by atoms with Crippen LogP contribution in [0.2, 0.25) is 0 Å². The Hall–Kier alpha value is -0.610. The highest BCUT2D eigenvalue weighted by Crippen LogP contribution is 2.01. The van der Waals surface area contributed by atoms with E-state index in [1.54, 1.807) is 6.92 Å². The highest BCUT2D eigenvalue weighted by Gasteiger charge is 2.24. The number of carbonyl (C=O) groups excluding carboxylic acids is 1. The summed E-state index contributed by atoms with van der Waals surface area (Å²) in [6, 6.07) is -0.158. The van der Waals surface area contributed by atoms with Crippen molar-refractivity contribution in [1.29, 1.82) is 0 Å². The number of nitrogens with one attached hydrogen (secondary N) is 2. The summed E-state index contributed by atoms with van der Waals surface area (Å²) in [5.74, 6) is -0.00204. The summed E-state index contributed by atoms with van der Waals surface area (Å²) in [5, 5.41) is 14.3. The third-order valence-electron chi connectivity index (χ3n) is 1.80. The van der Waals surface area contributed by atoms with E-state index in [9.17, 15) is 4.79 Å². The molecule has 0 radical (unpaired) electrons. The smallest absolute Gasteiger partial charge is 0.237 e. The number of aliphatic hydroxyl groups is 1. The Morgan fingerprint density at radius 1 is 1.91 bits per heavy atom. The molecule has 1 aliphatic rings. The van der Waals surface area contributed by atoms with Crippen LogP contribution in [-0.2, 0) is 4.79 Å². The van der Waals surface area contributed by atoms with E-state index in [0.29, 0.717) is 0 Å². The van der Waals surface area contributed by atoms with Gasteiger partial charge in [0.2, 0.25) is 5.91 Å². The molecule has 1 amide bonds. The molecule has 4 heteroatoms. The van der Waals surface area contributed by atoms with Gasteiger partial charge in [-0.3, -0.25) is 4.79 Å². The fraction of sp³-hybridized carbons (Fsp3) is 0.857. The lowest BCUT2D eigenvalue weighted by Crippen LogP contribution is -2.55. The summed E-state index contributed by atoms with van der Waals surface area (Å²) < 4.78 is 0. The fourth-order valence-corrected chi connectivity index (χ4v) is 0.902. The Morgan fingerprint density at radius 2 is 2.55 bits per heavy atom. The molecule has 1 fully saturated rings. The van der Waals surface area contributed by atoms with Gasteiger partial charge in [0.1, 0.15) is 0 Å². The van der Waals surface area contributed by atoms with E-state index in [-0.39, 0.29) is 24.6 Å². The van der Waals surface area contributed by atoms with Crippen LogP contribution in [0.15, 0.2) is 0 Å². The zero-order valence-corrected chi connectivity index (χ0v) is 6.63. The normalized spacial score (nSPS) is 25.5. The predicted octanol–water partition coefficient (Wildman–Crippen LogP) is -1.15. The summed E-state index contributed by atoms with van der Waals surface area (Å²) in [7, 11) is 0. The molecule has 1 aliphatic heterocycles. The van der Waals surface area contributed by atoms with Gasteiger partial charge in [-0.1, -0.05) is 0 Å². The zero-order chi connectivity index (χ0) is 8.27. The van der Waals surface area contributed by atoms with Crippen molar-refractivity contribution in [2.24, 2.45) is 0 Å². The molecule has 0 aromatic rings. The van der Waals surface area contributed by atoms with Gasteiger partial charge in [0.25, 0.3) is 0 Å². The van der Waals surface area contributed by atoms with Gasteiger partial charge in [-0.15, -0.1) is 0 Å². The Kier molecular flexibility index (Phi) is 2.84. The summed E-state index contributed by atoms with van der Waals surface area (Å²) in [6.07, 6.45) is 0.907. The van der Waals surface area contributed by atoms with Crippen LogP contribution in [0.5, 0.6) is 0 Å². The minimum Gasteiger partial charge on any atom is -0.394 e. The largest absolute Gasteiger partial charge is 0.394 e. The molecule has 11 heavy (non-hydrogen) atoms. The predicted molar refractivity (Wildman–Crippen MR) is 41.1 cm³/mol. The maximum absolute atomic E-state index is 11.1. The van der Waals surface area contributed by atoms with E-state index < -0.39 is 0 Å². The first kappa shape index (κ1) is 8.49. The molecule has 0 aromatic heterocycles. The van der Waals surface area contributed by atoms with Crippen molar-refractivity contribution in [3.8, 4) is 0 Å². The quantitative estimate of drug-likeness (QED) is 0.486. The fourth-order valence-electron chi connectivity index (χ4n) is 0.902. The Morgan fingerprint density at radius 3 is 2.91 bits per heavy atom. The van der Waals surface area contributed by atoms with Crippen molar-refractivity contribution >= 4 is 5.91 Å². The van der Waals surface area contributed by atoms with Gasteiger partial charge >= 0.3 is 0 Å². The van der Waals surface area contributed by atoms with Gasteiger partial charge in [0, 0.05) is 6.04 Å². The zero-order valence-electron chi connectivity index (χ0n) is 6.63. The van der Waals surface area contributed by atoms with Gasteiger partial charge in [-0.2, -0.15) is 0 Å². The Balaban J connectivity index is 2.19. The van der Waals surface area contributed by atoms with Crippen molar-refractivity contribution in [3.05, 3.63) is 0 Å². The number of carbonyl (C=O) groups is 1. The number of hydrogen-bond acceptors (Lipinski definition) is 3. The molecule has 0 aliphatic carbocycles. The maximum atomic E-state index is 11.1. The van der Waals surface area contributed by atoms with E-state index >= 15 is 0 Å². The monoisotopic (exact) mass is 158 g/mol. The second-order valence-electron chi connectivity index (χ2n) is 2.89. The molecule has 1 heterocycles. The first-order valence-electron chi connectivity index (χ1n) is 3.88. The van der Waals surface area contributed by atoms with Crippen molar-refractivity contribution < 1.29 is 9.90 Å². The lowest BCUT2D eigenvalue weighted by molar-refractivity contribution is -0.125. The molecule has 0 spiro atoms. The standard InChI is InChI=1S/C7H14N2O2/c1-5(4-10)9-7(11)6-2-3-8-6/h5-6,8,10H,2-4H2,1H3,(H,9,11)/t5-,6?/m0/s1. The van der Waals surface area contributed by atoms with E-state index in [1.165, 1.54) is 0 Å². The van der Waals surface area contributed by atoms with Gasteiger partial charge in [0.05, 0.1) is 12.6 Å². The third kappa shape index (κ3) is 2.17. The van der Waals surface area contributed by atoms with Crippen LogP contribution in [0.25, 0.3) is 0 Å². The summed E-state index contributed by atoms with van der Waals surface area (Å²) in [6.45, 7) is 2.70. The molecule has 0 aromatic carbocycles. The molecule has 3 N–H and O–H groups in total. The summed E-state index contributed by atoms with van der Waals surface area (Å²) in [5.41, 5.74) is 0. The third-order valence-corrected chi connectivity index (χ3v) is 1.80. The topological polar surface area (TPSA) is 61.4 Å². The van der Waals surface area contributed by atoms with Crippen LogP contribution in [0.1, 0.15) is 13.3 Å². The number of amides is 1. The minimum atomic E-state index is -0.134. The van der Waals surface area contributed by atoms with E-state index in [4.69, 9.17) is 5.11 Å². The first-order chi connectivity index (χ1) is 5.24. The van der Waals surface area contributed by atoms with Crippen molar-refractivity contribution in [2.75, 3.05) is 13.2 Å². The average molecular weight is 158 g/mol. The van der Waals surface area contributed by atoms with Crippen LogP contribution >= 0.6 is 0 Å². The average Bonchev–Trinajstić information content (AvgIpc) is 1.83. The minimum absolute atomic E-state index is 0.00153. The second kappa shape index (κ2) is 3.69. The Labute approximate surface area is 66.0 Å². The van der Waals surface area contributed by atoms with E-state index in [0.717, 1.165) is 13.0 Å². The highest BCUT2D eigenvalue weighted by molar-refractivity contribution is 5.82. The van der Waals surface area contributed by atoms with Gasteiger partial charge in [0.15, 0.2) is 0 Å². The van der Waals surface area contributed by atoms with Crippen molar-refractivity contribution in [1.82, 2.24) is 10.6 Å². The number of rotatable bonds is 3. The molecular weight excluding hydrogens is 144 g/mol. The molecule has 4 nitrogen and oxygen atoms in total. The molecular formula is C7H14N2O2. The lowest BCUT2D eigenvalue weighted by Gasteiger charge is -2.27. The van der Waals surface area contributed by atoms with Crippen LogP contribution in [0.3, 0.4) is 0 Å². The van der Waals surface area contributed by atoms with E-state index in [2.05, 4.69) is 10.6 Å². The number of aliphatic hydroxyl groups excluding tert-OH is 1. The molecule has 2 atom stereocenters. The van der Waals surface area contributed by atoms with Crippen LogP contribution in [0, 0.1) is 0 Å². The van der Waals surface area contributed by atoms with Crippen LogP contribution < -0.4 is 10.6 Å². The molecule has 64 valence electrons. The van der Waals surface area contributed by atoms with Gasteiger partial charge < -0.3 is 15.7 Å². The summed E-state index contributed by atoms with van der Waals surface area (Å²) in [4.78, 5) is 11.1. The molecule has 0 saturated carbocycles. The second-order valence-corrected chi connectivity index (χ2v) is 2.89. The molecule has 1 saturated heterocycles. The van der Waals surface area contributed by atoms with Gasteiger partial charge in [-0.25, -0.2) is 0 Å². The molecule has 1 rings (SSSR count). The molecule has 0 bridgehead atoms. The number of hydrogen-bond donors (Lipinski definition) is 3. The highest BCUT2D eigenvalue weighted by atomic mass is 16.3. The molecule has 1 unspecified atom stereocenters. The van der Waals surface area contributed by atoms with E-state index in [1.807, 2.05) is 0 Å². The summed E-state index contributed by atoms with van der Waals surface area (Å²) >= 11 is 0. The van der Waals surface area contributed by atoms with Gasteiger partial charge in [-0.05, 0) is 19.9 Å². The first-order valence-corrected chi connectivity index (χ1v) is 3.88. The van der Waals surface area contributed by atoms with Crippen molar-refractivity contribution in [3.63, 3.8) is 0 Å². The Bertz CT molecular complexity index is 145. The van der Waals surface area contributed by atoms with Crippen LogP contribution in [-0.4, -0.2) is 36.2 Å². The van der Waals surface area contributed by atoms with Crippen LogP contribution in [0.4, 0.5) is 0 Å². The maximum Gasteiger partial charge on any atom is 0.237 e.